The summed E-state index contributed by atoms with van der Waals surface area (Å²) in [6, 6.07) is -0.811. The van der Waals surface area contributed by atoms with Gasteiger partial charge < -0.3 is 14.2 Å². The van der Waals surface area contributed by atoms with Crippen molar-refractivity contribution in [2.24, 2.45) is 17.8 Å². The van der Waals surface area contributed by atoms with Gasteiger partial charge in [-0.05, 0) is 81.1 Å². The number of rotatable bonds is 10. The van der Waals surface area contributed by atoms with Crippen molar-refractivity contribution in [2.45, 2.75) is 117 Å². The lowest BCUT2D eigenvalue weighted by molar-refractivity contribution is -0.156. The summed E-state index contributed by atoms with van der Waals surface area (Å²) in [4.78, 5) is 39.0. The minimum atomic E-state index is -1.46. The van der Waals surface area contributed by atoms with E-state index in [0.29, 0.717) is 38.2 Å². The van der Waals surface area contributed by atoms with E-state index < -0.39 is 35.3 Å². The van der Waals surface area contributed by atoms with Crippen molar-refractivity contribution in [3.63, 3.8) is 0 Å². The van der Waals surface area contributed by atoms with Gasteiger partial charge in [0.1, 0.15) is 17.3 Å². The third kappa shape index (κ3) is 8.60. The minimum Gasteiger partial charge on any atom is -0.464 e. The lowest BCUT2D eigenvalue weighted by Crippen LogP contribution is -2.57. The highest BCUT2D eigenvalue weighted by Crippen LogP contribution is 2.46. The van der Waals surface area contributed by atoms with E-state index in [1.54, 1.807) is 20.8 Å². The number of hydrogen-bond donors (Lipinski definition) is 0. The molecule has 0 unspecified atom stereocenters. The molecule has 12 heteroatoms. The molecule has 4 atom stereocenters. The predicted molar refractivity (Wildman–Crippen MR) is 139 cm³/mol. The molecule has 1 aromatic heterocycles. The first-order chi connectivity index (χ1) is 18.3. The standard InChI is InChI=1S/C27H44FN5O6/c1-7-19(8-2)16-37-24(35)22-13-21-14-27(28,12-10-23-29-30-31-33(23)17-38-18(3)34)11-9-20(21)15-32(22)25(36)39-26(4,5)6/h19-22H,7-17H2,1-6H3/t20-,21-,22-,27-/m0/s1. The van der Waals surface area contributed by atoms with E-state index >= 15 is 4.39 Å². The van der Waals surface area contributed by atoms with Gasteiger partial charge in [0.2, 0.25) is 0 Å². The van der Waals surface area contributed by atoms with E-state index in [1.165, 1.54) is 16.5 Å². The molecular weight excluding hydrogens is 509 g/mol. The third-order valence-corrected chi connectivity index (χ3v) is 7.90. The summed E-state index contributed by atoms with van der Waals surface area (Å²) in [6.07, 6.45) is 3.28. The van der Waals surface area contributed by atoms with Crippen LogP contribution in [0.3, 0.4) is 0 Å². The number of ether oxygens (including phenoxy) is 3. The maximum atomic E-state index is 16.1. The van der Waals surface area contributed by atoms with Crippen LogP contribution in [0, 0.1) is 17.8 Å². The zero-order valence-electron chi connectivity index (χ0n) is 24.2. The average Bonchev–Trinajstić information content (AvgIpc) is 3.32. The van der Waals surface area contributed by atoms with Crippen molar-refractivity contribution in [3.05, 3.63) is 5.82 Å². The predicted octanol–water partition coefficient (Wildman–Crippen LogP) is 4.24. The second-order valence-corrected chi connectivity index (χ2v) is 12.0. The maximum absolute atomic E-state index is 16.1. The summed E-state index contributed by atoms with van der Waals surface area (Å²) in [7, 11) is 0. The number of piperidine rings is 1. The Balaban J connectivity index is 1.69. The number of nitrogens with zero attached hydrogens (tertiary/aromatic N) is 5. The normalized spacial score (nSPS) is 25.2. The molecule has 0 spiro atoms. The zero-order chi connectivity index (χ0) is 28.8. The number of aromatic nitrogens is 4. The van der Waals surface area contributed by atoms with Crippen LogP contribution >= 0.6 is 0 Å². The molecule has 0 N–H and O–H groups in total. The quantitative estimate of drug-likeness (QED) is 0.309. The zero-order valence-corrected chi connectivity index (χ0v) is 24.2. The molecule has 1 amide bonds. The Labute approximate surface area is 230 Å². The molecule has 220 valence electrons. The molecule has 2 aliphatic rings. The first kappa shape index (κ1) is 30.7. The van der Waals surface area contributed by atoms with Crippen LogP contribution in [0.1, 0.15) is 92.3 Å². The van der Waals surface area contributed by atoms with Gasteiger partial charge in [-0.3, -0.25) is 9.69 Å². The number of likely N-dealkylation sites (tertiary alicyclic amines) is 1. The van der Waals surface area contributed by atoms with Crippen molar-refractivity contribution in [3.8, 4) is 0 Å². The molecule has 1 saturated carbocycles. The van der Waals surface area contributed by atoms with Crippen molar-refractivity contribution >= 4 is 18.0 Å². The molecule has 2 heterocycles. The molecule has 39 heavy (non-hydrogen) atoms. The second kappa shape index (κ2) is 13.0. The first-order valence-electron chi connectivity index (χ1n) is 14.1. The number of aryl methyl sites for hydroxylation is 1. The summed E-state index contributed by atoms with van der Waals surface area (Å²) >= 11 is 0. The fourth-order valence-corrected chi connectivity index (χ4v) is 5.51. The van der Waals surface area contributed by atoms with Crippen LogP contribution in [-0.2, 0) is 37.0 Å². The molecule has 2 fully saturated rings. The highest BCUT2D eigenvalue weighted by Gasteiger charge is 2.49. The van der Waals surface area contributed by atoms with Crippen LogP contribution in [0.2, 0.25) is 0 Å². The van der Waals surface area contributed by atoms with Crippen molar-refractivity contribution in [2.75, 3.05) is 13.2 Å². The summed E-state index contributed by atoms with van der Waals surface area (Å²) < 4.78 is 33.8. The number of tetrazole rings is 1. The third-order valence-electron chi connectivity index (χ3n) is 7.90. The highest BCUT2D eigenvalue weighted by molar-refractivity contribution is 5.82. The maximum Gasteiger partial charge on any atom is 0.411 e. The van der Waals surface area contributed by atoms with Gasteiger partial charge in [0.15, 0.2) is 12.6 Å². The Kier molecular flexibility index (Phi) is 10.3. The summed E-state index contributed by atoms with van der Waals surface area (Å²) in [5, 5.41) is 11.4. The fourth-order valence-electron chi connectivity index (χ4n) is 5.51. The van der Waals surface area contributed by atoms with Gasteiger partial charge in [0.05, 0.1) is 6.61 Å². The Hall–Kier alpha value is -2.79. The van der Waals surface area contributed by atoms with E-state index in [9.17, 15) is 14.4 Å². The molecule has 1 aliphatic heterocycles. The number of fused-ring (bicyclic) bond motifs is 1. The summed E-state index contributed by atoms with van der Waals surface area (Å²) in [5.41, 5.74) is -2.17. The number of amides is 1. The SMILES string of the molecule is CCC(CC)COC(=O)[C@@H]1C[C@H]2C[C@@](F)(CCc3nnnn3COC(C)=O)CC[C@H]2CN1C(=O)OC(C)(C)C. The largest absolute Gasteiger partial charge is 0.464 e. The molecule has 0 radical (unpaired) electrons. The van der Waals surface area contributed by atoms with E-state index in [2.05, 4.69) is 29.4 Å². The van der Waals surface area contributed by atoms with Gasteiger partial charge in [-0.25, -0.2) is 14.0 Å². The van der Waals surface area contributed by atoms with Crippen LogP contribution in [0.25, 0.3) is 0 Å². The van der Waals surface area contributed by atoms with Crippen LogP contribution in [0.4, 0.5) is 9.18 Å². The molecule has 3 rings (SSSR count). The van der Waals surface area contributed by atoms with E-state index in [1.807, 2.05) is 0 Å². The number of carbonyl (C=O) groups excluding carboxylic acids is 3. The lowest BCUT2D eigenvalue weighted by atomic mass is 9.67. The van der Waals surface area contributed by atoms with Crippen LogP contribution in [-0.4, -0.2) is 73.6 Å². The van der Waals surface area contributed by atoms with E-state index in [0.717, 1.165) is 12.8 Å². The molecule has 11 nitrogen and oxygen atoms in total. The van der Waals surface area contributed by atoms with Gasteiger partial charge in [0, 0.05) is 19.9 Å². The Bertz CT molecular complexity index is 994. The van der Waals surface area contributed by atoms with Gasteiger partial charge in [-0.1, -0.05) is 26.7 Å². The second-order valence-electron chi connectivity index (χ2n) is 12.0. The first-order valence-corrected chi connectivity index (χ1v) is 14.1. The number of alkyl halides is 1. The van der Waals surface area contributed by atoms with Gasteiger partial charge in [0.25, 0.3) is 0 Å². The highest BCUT2D eigenvalue weighted by atomic mass is 19.1. The fraction of sp³-hybridized carbons (Fsp3) is 0.852. The molecule has 1 aliphatic carbocycles. The van der Waals surface area contributed by atoms with E-state index in [-0.39, 0.29) is 43.7 Å². The van der Waals surface area contributed by atoms with Crippen LogP contribution in [0.5, 0.6) is 0 Å². The number of carbonyl (C=O) groups is 3. The summed E-state index contributed by atoms with van der Waals surface area (Å²) in [5.74, 6) is -0.221. The molecule has 1 saturated heterocycles. The minimum absolute atomic E-state index is 0.0683. The Morgan fingerprint density at radius 1 is 1.15 bits per heavy atom. The number of halogens is 1. The summed E-state index contributed by atoms with van der Waals surface area (Å²) in [6.45, 7) is 11.3. The van der Waals surface area contributed by atoms with Crippen molar-refractivity contribution < 1.29 is 33.0 Å². The van der Waals surface area contributed by atoms with Crippen molar-refractivity contribution in [1.29, 1.82) is 0 Å². The monoisotopic (exact) mass is 553 g/mol. The van der Waals surface area contributed by atoms with Gasteiger partial charge >= 0.3 is 18.0 Å². The molecular formula is C27H44FN5O6. The lowest BCUT2D eigenvalue weighted by Gasteiger charge is -2.48. The van der Waals surface area contributed by atoms with Crippen molar-refractivity contribution in [1.82, 2.24) is 25.1 Å². The Morgan fingerprint density at radius 3 is 2.51 bits per heavy atom. The topological polar surface area (TPSA) is 126 Å². The van der Waals surface area contributed by atoms with Gasteiger partial charge in [-0.2, -0.15) is 4.68 Å². The number of esters is 2. The van der Waals surface area contributed by atoms with Gasteiger partial charge in [-0.15, -0.1) is 5.10 Å². The number of hydrogen-bond acceptors (Lipinski definition) is 9. The molecule has 1 aromatic rings. The van der Waals surface area contributed by atoms with Crippen LogP contribution in [0.15, 0.2) is 0 Å². The molecule has 0 bridgehead atoms. The molecule has 0 aromatic carbocycles. The smallest absolute Gasteiger partial charge is 0.411 e. The van der Waals surface area contributed by atoms with E-state index in [4.69, 9.17) is 14.2 Å². The average molecular weight is 554 g/mol. The van der Waals surface area contributed by atoms with Crippen LogP contribution < -0.4 is 0 Å². The Morgan fingerprint density at radius 2 is 1.87 bits per heavy atom.